The van der Waals surface area contributed by atoms with Gasteiger partial charge in [0.2, 0.25) is 0 Å². The zero-order chi connectivity index (χ0) is 9.57. The normalized spacial score (nSPS) is 28.0. The number of ether oxygens (including phenoxy) is 2. The van der Waals surface area contributed by atoms with Crippen LogP contribution in [0.3, 0.4) is 0 Å². The molecule has 1 atom stereocenters. The van der Waals surface area contributed by atoms with Crippen LogP contribution in [0.5, 0.6) is 0 Å². The summed E-state index contributed by atoms with van der Waals surface area (Å²) in [7, 11) is 1.73. The van der Waals surface area contributed by atoms with Crippen molar-refractivity contribution in [1.82, 2.24) is 8.44 Å². The summed E-state index contributed by atoms with van der Waals surface area (Å²) in [5.74, 6) is 0. The monoisotopic (exact) mass is 378 g/mol. The third-order valence-electron chi connectivity index (χ3n) is 2.35. The Morgan fingerprint density at radius 2 is 2.46 bits per heavy atom. The van der Waals surface area contributed by atoms with E-state index in [9.17, 15) is 0 Å². The molecule has 1 unspecified atom stereocenters. The second kappa shape index (κ2) is 6.28. The molecule has 4 nitrogen and oxygen atoms in total. The number of hydrogen-bond acceptors (Lipinski definition) is 4. The molecule has 0 radical (unpaired) electrons. The van der Waals surface area contributed by atoms with Gasteiger partial charge in [0.1, 0.15) is 0 Å². The zero-order valence-corrected chi connectivity index (χ0v) is 12.6. The van der Waals surface area contributed by atoms with Crippen LogP contribution in [0.15, 0.2) is 0 Å². The van der Waals surface area contributed by atoms with Crippen molar-refractivity contribution in [2.45, 2.75) is 12.0 Å². The standard InChI is InChI=1S/C8H17N2O2.Tl/c1-11-5-3-10-8(6-9)2-4-12-7-8;/h9-10H,2-7H2,1H3;/q-1;+1. The number of methoxy groups -OCH3 is 1. The SMILES string of the molecule is COCCNC1(C[NH][Tl])CCOC1. The van der Waals surface area contributed by atoms with E-state index in [1.54, 1.807) is 7.11 Å². The van der Waals surface area contributed by atoms with Crippen LogP contribution in [-0.4, -0.2) is 71.6 Å². The maximum absolute atomic E-state index is 5.42. The van der Waals surface area contributed by atoms with Crippen molar-refractivity contribution in [1.29, 1.82) is 0 Å². The molecule has 1 heterocycles. The van der Waals surface area contributed by atoms with Gasteiger partial charge in [0.25, 0.3) is 0 Å². The van der Waals surface area contributed by atoms with Crippen molar-refractivity contribution in [2.75, 3.05) is 40.0 Å². The van der Waals surface area contributed by atoms with E-state index in [-0.39, 0.29) is 5.54 Å². The Morgan fingerprint density at radius 3 is 3.00 bits per heavy atom. The van der Waals surface area contributed by atoms with Gasteiger partial charge in [0.15, 0.2) is 0 Å². The molecule has 1 saturated heterocycles. The molecule has 0 aromatic heterocycles. The molecule has 1 fully saturated rings. The van der Waals surface area contributed by atoms with Crippen LogP contribution >= 0.6 is 0 Å². The first-order valence-corrected chi connectivity index (χ1v) is 6.83. The van der Waals surface area contributed by atoms with Gasteiger partial charge in [-0.3, -0.25) is 0 Å². The quantitative estimate of drug-likeness (QED) is 0.463. The van der Waals surface area contributed by atoms with Crippen molar-refractivity contribution in [3.63, 3.8) is 0 Å². The first kappa shape index (κ1) is 11.8. The summed E-state index contributed by atoms with van der Waals surface area (Å²) in [4.78, 5) is 0. The average Bonchev–Trinajstić information content (AvgIpc) is 2.55. The fourth-order valence-electron chi connectivity index (χ4n) is 1.56. The molecule has 0 bridgehead atoms. The summed E-state index contributed by atoms with van der Waals surface area (Å²) in [6.07, 6.45) is 1.11. The van der Waals surface area contributed by atoms with Crippen LogP contribution in [0, 0.1) is 0 Å². The predicted octanol–water partition coefficient (Wildman–Crippen LogP) is -0.945. The van der Waals surface area contributed by atoms with Crippen LogP contribution < -0.4 is 8.44 Å². The van der Waals surface area contributed by atoms with E-state index < -0.39 is 0 Å². The van der Waals surface area contributed by atoms with Gasteiger partial charge in [-0.15, -0.1) is 0 Å². The Hall–Kier alpha value is 0.762. The number of hydrogen-bond donors (Lipinski definition) is 2. The van der Waals surface area contributed by atoms with Crippen molar-refractivity contribution in [2.24, 2.45) is 0 Å². The molecular formula is C8H17N2O2Tl. The number of nitrogens with one attached hydrogen (secondary N) is 2. The Morgan fingerprint density at radius 1 is 1.62 bits per heavy atom. The van der Waals surface area contributed by atoms with E-state index >= 15 is 0 Å². The summed E-state index contributed by atoms with van der Waals surface area (Å²) in [6.45, 7) is 4.42. The molecule has 1 aliphatic rings. The summed E-state index contributed by atoms with van der Waals surface area (Å²) >= 11 is 0.853. The Labute approximate surface area is 95.8 Å². The van der Waals surface area contributed by atoms with Crippen LogP contribution in [0.2, 0.25) is 0 Å². The average molecular weight is 378 g/mol. The molecule has 0 spiro atoms. The minimum atomic E-state index is 0.174. The zero-order valence-electron chi connectivity index (χ0n) is 8.14. The van der Waals surface area contributed by atoms with Crippen LogP contribution in [-0.2, 0) is 9.47 Å². The second-order valence-electron chi connectivity index (χ2n) is 3.38. The Balaban J connectivity index is 2.28. The van der Waals surface area contributed by atoms with Gasteiger partial charge >= 0.3 is 96.0 Å². The summed E-state index contributed by atoms with van der Waals surface area (Å²) in [6, 6.07) is 0. The van der Waals surface area contributed by atoms with E-state index in [1.807, 2.05) is 0 Å². The molecule has 1 aliphatic heterocycles. The van der Waals surface area contributed by atoms with Crippen LogP contribution in [0.25, 0.3) is 0 Å². The van der Waals surface area contributed by atoms with Gasteiger partial charge in [-0.1, -0.05) is 0 Å². The topological polar surface area (TPSA) is 42.5 Å². The minimum absolute atomic E-state index is 0.174. The summed E-state index contributed by atoms with van der Waals surface area (Å²) < 4.78 is 13.8. The van der Waals surface area contributed by atoms with Gasteiger partial charge in [0.05, 0.1) is 0 Å². The first-order chi connectivity index (χ1) is 6.33. The molecule has 13 heavy (non-hydrogen) atoms. The molecule has 2 N–H and O–H groups in total. The molecule has 1 rings (SSSR count). The Bertz CT molecular complexity index is 140. The van der Waals surface area contributed by atoms with E-state index in [4.69, 9.17) is 9.47 Å². The van der Waals surface area contributed by atoms with E-state index in [0.717, 1.165) is 65.4 Å². The molecule has 0 saturated carbocycles. The molecule has 5 heteroatoms. The van der Waals surface area contributed by atoms with Gasteiger partial charge in [-0.05, 0) is 0 Å². The number of rotatable bonds is 6. The van der Waals surface area contributed by atoms with Gasteiger partial charge in [-0.2, -0.15) is 0 Å². The van der Waals surface area contributed by atoms with Crippen molar-refractivity contribution >= 4 is 26.1 Å². The third-order valence-corrected chi connectivity index (χ3v) is 3.14. The van der Waals surface area contributed by atoms with Crippen molar-refractivity contribution in [3.8, 4) is 0 Å². The van der Waals surface area contributed by atoms with E-state index in [0.29, 0.717) is 0 Å². The molecular weight excluding hydrogens is 360 g/mol. The molecule has 0 aromatic carbocycles. The van der Waals surface area contributed by atoms with Gasteiger partial charge < -0.3 is 0 Å². The Kier molecular flexibility index (Phi) is 5.72. The molecule has 0 aromatic rings. The summed E-state index contributed by atoms with van der Waals surface area (Å²) in [5.41, 5.74) is 0.174. The first-order valence-electron chi connectivity index (χ1n) is 4.58. The third kappa shape index (κ3) is 3.78. The van der Waals surface area contributed by atoms with Crippen molar-refractivity contribution < 1.29 is 9.47 Å². The second-order valence-corrected chi connectivity index (χ2v) is 4.97. The fourth-order valence-corrected chi connectivity index (χ4v) is 3.08. The maximum atomic E-state index is 5.42. The van der Waals surface area contributed by atoms with Crippen molar-refractivity contribution in [3.05, 3.63) is 0 Å². The molecule has 0 aliphatic carbocycles. The van der Waals surface area contributed by atoms with E-state index in [1.165, 1.54) is 0 Å². The van der Waals surface area contributed by atoms with E-state index in [2.05, 4.69) is 8.44 Å². The van der Waals surface area contributed by atoms with Gasteiger partial charge in [-0.25, -0.2) is 0 Å². The fraction of sp³-hybridized carbons (Fsp3) is 1.00. The van der Waals surface area contributed by atoms with Crippen LogP contribution in [0.4, 0.5) is 0 Å². The van der Waals surface area contributed by atoms with Gasteiger partial charge in [0, 0.05) is 0 Å². The predicted molar refractivity (Wildman–Crippen MR) is 51.8 cm³/mol. The molecule has 0 amide bonds. The molecule has 74 valence electrons. The van der Waals surface area contributed by atoms with Crippen LogP contribution in [0.1, 0.15) is 6.42 Å². The summed E-state index contributed by atoms with van der Waals surface area (Å²) in [5, 5.41) is 3.51.